The first-order valence-electron chi connectivity index (χ1n) is 22.6. The smallest absolute Gasteiger partial charge is 0.163 e. The first-order chi connectivity index (χ1) is 34.5. The van der Waals surface area contributed by atoms with Crippen LogP contribution in [0.1, 0.15) is 24.0 Å². The van der Waals surface area contributed by atoms with E-state index in [0.717, 1.165) is 65.3 Å². The Bertz CT molecular complexity index is 2830. The summed E-state index contributed by atoms with van der Waals surface area (Å²) in [5.74, 6) is 3.63. The number of pyridine rings is 2. The molecule has 5 N–H and O–H groups in total. The predicted octanol–water partition coefficient (Wildman–Crippen LogP) is 10.2. The zero-order chi connectivity index (χ0) is 50.7. The molecule has 0 bridgehead atoms. The summed E-state index contributed by atoms with van der Waals surface area (Å²) in [6, 6.07) is 18.0. The van der Waals surface area contributed by atoms with Gasteiger partial charge in [-0.15, -0.1) is 11.6 Å². The van der Waals surface area contributed by atoms with Crippen LogP contribution < -0.4 is 55.0 Å². The number of methoxy groups -OCH3 is 4. The van der Waals surface area contributed by atoms with Crippen LogP contribution in [0, 0.1) is 22.7 Å². The van der Waals surface area contributed by atoms with Crippen molar-refractivity contribution in [2.24, 2.45) is 0 Å². The number of piperazine rings is 2. The number of nitrogens with zero attached hydrogens (tertiary/aromatic N) is 5. The Balaban J connectivity index is 0.000000209. The number of hydrogen-bond donors (Lipinski definition) is 5. The van der Waals surface area contributed by atoms with Gasteiger partial charge in [-0.25, -0.2) is 0 Å². The number of benzene rings is 4. The Morgan fingerprint density at radius 2 is 0.972 bits per heavy atom. The van der Waals surface area contributed by atoms with Crippen molar-refractivity contribution in [2.45, 2.75) is 12.8 Å². The third-order valence-corrected chi connectivity index (χ3v) is 12.6. The van der Waals surface area contributed by atoms with E-state index >= 15 is 0 Å². The number of anilines is 4. The zero-order valence-corrected chi connectivity index (χ0v) is 43.5. The van der Waals surface area contributed by atoms with Gasteiger partial charge >= 0.3 is 0 Å². The maximum Gasteiger partial charge on any atom is 0.163 e. The van der Waals surface area contributed by atoms with Gasteiger partial charge in [0.1, 0.15) is 23.6 Å². The van der Waals surface area contributed by atoms with Crippen LogP contribution >= 0.6 is 58.0 Å². The first-order valence-corrected chi connectivity index (χ1v) is 24.7. The lowest BCUT2D eigenvalue weighted by Crippen LogP contribution is -2.43. The standard InChI is InChI=1S/C25H27Cl2N5O3.C21H18Cl3N3O3.C4H10N2/c1-33-22-13-21(18(26)11-19(22)27)31-25-16(14-28)15-30-20-12-24(23(34-2)10-17(20)25)35-9-3-6-32-7-4-29-5-8-32;1-28-18-9-17(14(23)7-15(18)24)27-21-12(10-25)11-26-16-8-20(30-5-3-4-22)19(29-2)6-13(16)21;1-2-6-4-3-5-1/h10-13,15,29H,3-9H2,1-2H3,(H,30,31);6-9,11H,3-5H2,1-2H3,(H,26,27);5-6H,1-4H2. The van der Waals surface area contributed by atoms with E-state index in [1.54, 1.807) is 50.6 Å². The second kappa shape index (κ2) is 27.8. The zero-order valence-electron chi connectivity index (χ0n) is 39.7. The van der Waals surface area contributed by atoms with Crippen molar-refractivity contribution in [1.29, 1.82) is 10.5 Å². The minimum Gasteiger partial charge on any atom is -0.495 e. The second-order valence-corrected chi connectivity index (χ2v) is 17.7. The van der Waals surface area contributed by atoms with Gasteiger partial charge in [0.2, 0.25) is 0 Å². The third kappa shape index (κ3) is 14.7. The molecule has 16 nitrogen and oxygen atoms in total. The highest BCUT2D eigenvalue weighted by molar-refractivity contribution is 6.38. The van der Waals surface area contributed by atoms with E-state index in [-0.39, 0.29) is 0 Å². The molecular formula is C50H55Cl5N10O6. The number of aromatic nitrogens is 2. The van der Waals surface area contributed by atoms with Crippen molar-refractivity contribution in [3.05, 3.63) is 92.1 Å². The highest BCUT2D eigenvalue weighted by Crippen LogP contribution is 2.42. The molecule has 4 aromatic carbocycles. The van der Waals surface area contributed by atoms with Gasteiger partial charge in [0, 0.05) is 112 Å². The molecule has 21 heteroatoms. The van der Waals surface area contributed by atoms with Crippen molar-refractivity contribution in [3.8, 4) is 46.6 Å². The summed E-state index contributed by atoms with van der Waals surface area (Å²) in [6.45, 7) is 10.7. The fourth-order valence-electron chi connectivity index (χ4n) is 7.46. The third-order valence-electron chi connectivity index (χ3n) is 11.1. The average Bonchev–Trinajstić information content (AvgIpc) is 3.40. The van der Waals surface area contributed by atoms with Crippen LogP contribution in [0.4, 0.5) is 22.7 Å². The molecule has 8 rings (SSSR count). The van der Waals surface area contributed by atoms with E-state index in [1.807, 2.05) is 12.1 Å². The van der Waals surface area contributed by atoms with Gasteiger partial charge in [-0.2, -0.15) is 10.5 Å². The quantitative estimate of drug-likeness (QED) is 0.0428. The summed E-state index contributed by atoms with van der Waals surface area (Å²) in [4.78, 5) is 11.3. The first kappa shape index (κ1) is 54.7. The van der Waals surface area contributed by atoms with Gasteiger partial charge in [-0.3, -0.25) is 9.97 Å². The molecule has 0 radical (unpaired) electrons. The number of nitriles is 2. The molecule has 0 amide bonds. The summed E-state index contributed by atoms with van der Waals surface area (Å²) in [5.41, 5.74) is 4.12. The molecule has 6 aromatic rings. The maximum absolute atomic E-state index is 9.73. The molecule has 2 fully saturated rings. The summed E-state index contributed by atoms with van der Waals surface area (Å²) < 4.78 is 33.5. The molecule has 71 heavy (non-hydrogen) atoms. The molecule has 376 valence electrons. The van der Waals surface area contributed by atoms with Gasteiger partial charge in [-0.05, 0) is 37.1 Å². The summed E-state index contributed by atoms with van der Waals surface area (Å²) in [6.07, 6.45) is 4.62. The van der Waals surface area contributed by atoms with E-state index in [4.69, 9.17) is 86.4 Å². The summed E-state index contributed by atoms with van der Waals surface area (Å²) in [5, 5.41) is 38.5. The molecule has 2 saturated heterocycles. The Morgan fingerprint density at radius 1 is 0.549 bits per heavy atom. The lowest BCUT2D eigenvalue weighted by Gasteiger charge is -2.27. The molecular weight excluding hydrogens is 1010 g/mol. The summed E-state index contributed by atoms with van der Waals surface area (Å²) >= 11 is 30.8. The molecule has 0 aliphatic carbocycles. The van der Waals surface area contributed by atoms with Crippen LogP contribution in [0.5, 0.6) is 34.5 Å². The van der Waals surface area contributed by atoms with E-state index < -0.39 is 0 Å². The number of hydrogen-bond acceptors (Lipinski definition) is 16. The Kier molecular flexibility index (Phi) is 21.4. The Labute approximate surface area is 438 Å². The summed E-state index contributed by atoms with van der Waals surface area (Å²) in [7, 11) is 6.17. The van der Waals surface area contributed by atoms with Crippen molar-refractivity contribution in [3.63, 3.8) is 0 Å². The molecule has 2 aromatic heterocycles. The molecule has 0 spiro atoms. The Morgan fingerprint density at radius 3 is 1.37 bits per heavy atom. The maximum atomic E-state index is 9.73. The lowest BCUT2D eigenvalue weighted by molar-refractivity contribution is 0.211. The normalized spacial score (nSPS) is 13.3. The largest absolute Gasteiger partial charge is 0.495 e. The topological polar surface area (TPSA) is 192 Å². The molecule has 0 unspecified atom stereocenters. The molecule has 0 atom stereocenters. The van der Waals surface area contributed by atoms with Gasteiger partial charge in [-0.1, -0.05) is 46.4 Å². The number of ether oxygens (including phenoxy) is 6. The number of halogens is 5. The molecule has 2 aliphatic heterocycles. The molecule has 4 heterocycles. The predicted molar refractivity (Wildman–Crippen MR) is 285 cm³/mol. The minimum absolute atomic E-state index is 0.338. The van der Waals surface area contributed by atoms with Crippen LogP contribution in [-0.2, 0) is 0 Å². The molecule has 0 saturated carbocycles. The van der Waals surface area contributed by atoms with Gasteiger partial charge in [0.15, 0.2) is 23.0 Å². The van der Waals surface area contributed by atoms with E-state index in [1.165, 1.54) is 26.6 Å². The number of rotatable bonds is 17. The average molecular weight is 1070 g/mol. The Hall–Kier alpha value is -5.63. The van der Waals surface area contributed by atoms with Crippen molar-refractivity contribution in [2.75, 3.05) is 117 Å². The number of fused-ring (bicyclic) bond motifs is 2. The van der Waals surface area contributed by atoms with Crippen molar-refractivity contribution >= 4 is 103 Å². The fraction of sp³-hybridized carbons (Fsp3) is 0.360. The van der Waals surface area contributed by atoms with Crippen LogP contribution in [-0.4, -0.2) is 121 Å². The van der Waals surface area contributed by atoms with Gasteiger partial charge < -0.3 is 59.9 Å². The SMILES string of the molecule is C1CNCCN1.COc1cc(Nc2c(C#N)cnc3cc(OCCCCl)c(OC)cc23)c(Cl)cc1Cl.COc1cc(Nc2c(C#N)cnc3cc(OCCCN4CCNCC4)c(OC)cc23)c(Cl)cc1Cl. The highest BCUT2D eigenvalue weighted by atomic mass is 35.5. The van der Waals surface area contributed by atoms with Crippen LogP contribution in [0.25, 0.3) is 21.8 Å². The van der Waals surface area contributed by atoms with E-state index in [0.29, 0.717) is 136 Å². The van der Waals surface area contributed by atoms with Crippen molar-refractivity contribution in [1.82, 2.24) is 30.8 Å². The van der Waals surface area contributed by atoms with Crippen molar-refractivity contribution < 1.29 is 28.4 Å². The van der Waals surface area contributed by atoms with Gasteiger partial charge in [0.25, 0.3) is 0 Å². The number of alkyl halides is 1. The highest BCUT2D eigenvalue weighted by Gasteiger charge is 2.19. The van der Waals surface area contributed by atoms with E-state index in [2.05, 4.69) is 53.6 Å². The number of nitrogens with one attached hydrogen (secondary N) is 5. The van der Waals surface area contributed by atoms with Crippen LogP contribution in [0.3, 0.4) is 0 Å². The van der Waals surface area contributed by atoms with Crippen LogP contribution in [0.2, 0.25) is 20.1 Å². The molecule has 2 aliphatic rings. The van der Waals surface area contributed by atoms with Crippen LogP contribution in [0.15, 0.2) is 60.9 Å². The monoisotopic (exact) mass is 1070 g/mol. The van der Waals surface area contributed by atoms with Gasteiger partial charge in [0.05, 0.1) is 107 Å². The minimum atomic E-state index is 0.338. The lowest BCUT2D eigenvalue weighted by atomic mass is 10.1. The fourth-order valence-corrected chi connectivity index (χ4v) is 8.59. The van der Waals surface area contributed by atoms with E-state index in [9.17, 15) is 10.5 Å². The second-order valence-electron chi connectivity index (χ2n) is 15.7.